The normalized spacial score (nSPS) is 18.0. The fourth-order valence-corrected chi connectivity index (χ4v) is 3.15. The van der Waals surface area contributed by atoms with Crippen LogP contribution in [-0.2, 0) is 4.79 Å². The van der Waals surface area contributed by atoms with Crippen molar-refractivity contribution in [1.82, 2.24) is 10.2 Å². The van der Waals surface area contributed by atoms with Crippen LogP contribution in [0.5, 0.6) is 0 Å². The largest absolute Gasteiger partial charge is 0.354 e. The van der Waals surface area contributed by atoms with Gasteiger partial charge >= 0.3 is 0 Å². The summed E-state index contributed by atoms with van der Waals surface area (Å²) < 4.78 is 0. The molecule has 2 amide bonds. The quantitative estimate of drug-likeness (QED) is 0.861. The lowest BCUT2D eigenvalue weighted by atomic mass is 10.0. The van der Waals surface area contributed by atoms with Gasteiger partial charge in [-0.05, 0) is 30.7 Å². The lowest BCUT2D eigenvalue weighted by Crippen LogP contribution is -2.49. The minimum Gasteiger partial charge on any atom is -0.354 e. The first-order chi connectivity index (χ1) is 9.72. The number of nitrogens with two attached hydrogens (primary N) is 1. The van der Waals surface area contributed by atoms with Gasteiger partial charge in [-0.3, -0.25) is 9.59 Å². The van der Waals surface area contributed by atoms with Crippen LogP contribution in [-0.4, -0.2) is 42.4 Å². The van der Waals surface area contributed by atoms with Crippen LogP contribution in [0.4, 0.5) is 0 Å². The Hall–Kier alpha value is -1.11. The van der Waals surface area contributed by atoms with E-state index < -0.39 is 0 Å². The molecule has 0 saturated carbocycles. The third-order valence-corrected chi connectivity index (χ3v) is 4.38. The molecular formula is C14H22ClN3O2S. The average Bonchev–Trinajstić information content (AvgIpc) is 2.99. The molecule has 0 aliphatic carbocycles. The zero-order valence-corrected chi connectivity index (χ0v) is 13.5. The van der Waals surface area contributed by atoms with Crippen molar-refractivity contribution in [3.63, 3.8) is 0 Å². The van der Waals surface area contributed by atoms with Crippen molar-refractivity contribution in [1.29, 1.82) is 0 Å². The van der Waals surface area contributed by atoms with Gasteiger partial charge in [-0.2, -0.15) is 0 Å². The SMILES string of the molecule is Cl.NCCC(=O)NCC1CCCCN1C(=O)c1cccs1. The Bertz CT molecular complexity index is 453. The molecule has 1 aromatic rings. The van der Waals surface area contributed by atoms with Gasteiger partial charge in [-0.15, -0.1) is 23.7 Å². The molecule has 1 aliphatic heterocycles. The fraction of sp³-hybridized carbons (Fsp3) is 0.571. The van der Waals surface area contributed by atoms with Crippen molar-refractivity contribution in [2.24, 2.45) is 5.73 Å². The van der Waals surface area contributed by atoms with Crippen LogP contribution in [0.1, 0.15) is 35.4 Å². The molecule has 5 nitrogen and oxygen atoms in total. The second-order valence-corrected chi connectivity index (χ2v) is 5.92. The van der Waals surface area contributed by atoms with E-state index in [0.29, 0.717) is 19.5 Å². The molecule has 0 radical (unpaired) electrons. The smallest absolute Gasteiger partial charge is 0.264 e. The van der Waals surface area contributed by atoms with Gasteiger partial charge in [-0.1, -0.05) is 6.07 Å². The van der Waals surface area contributed by atoms with Gasteiger partial charge in [0.15, 0.2) is 0 Å². The maximum atomic E-state index is 12.4. The number of rotatable bonds is 5. The van der Waals surface area contributed by atoms with Crippen LogP contribution in [0.3, 0.4) is 0 Å². The second-order valence-electron chi connectivity index (χ2n) is 4.97. The monoisotopic (exact) mass is 331 g/mol. The van der Waals surface area contributed by atoms with Gasteiger partial charge in [0.1, 0.15) is 0 Å². The molecule has 1 atom stereocenters. The summed E-state index contributed by atoms with van der Waals surface area (Å²) in [6.07, 6.45) is 3.42. The molecule has 2 rings (SSSR count). The van der Waals surface area contributed by atoms with Gasteiger partial charge in [0, 0.05) is 32.1 Å². The molecule has 3 N–H and O–H groups in total. The second kappa shape index (κ2) is 9.02. The molecule has 21 heavy (non-hydrogen) atoms. The van der Waals surface area contributed by atoms with Gasteiger partial charge in [0.05, 0.1) is 4.88 Å². The Morgan fingerprint density at radius 3 is 2.90 bits per heavy atom. The topological polar surface area (TPSA) is 75.4 Å². The van der Waals surface area contributed by atoms with E-state index in [4.69, 9.17) is 5.73 Å². The van der Waals surface area contributed by atoms with Crippen LogP contribution in [0.2, 0.25) is 0 Å². The van der Waals surface area contributed by atoms with Gasteiger partial charge < -0.3 is 16.0 Å². The Morgan fingerprint density at radius 2 is 2.24 bits per heavy atom. The van der Waals surface area contributed by atoms with Crippen LogP contribution < -0.4 is 11.1 Å². The molecule has 1 saturated heterocycles. The predicted molar refractivity (Wildman–Crippen MR) is 86.9 cm³/mol. The Balaban J connectivity index is 0.00000220. The van der Waals surface area contributed by atoms with Crippen molar-refractivity contribution in [2.45, 2.75) is 31.7 Å². The van der Waals surface area contributed by atoms with E-state index in [9.17, 15) is 9.59 Å². The van der Waals surface area contributed by atoms with E-state index in [1.165, 1.54) is 11.3 Å². The van der Waals surface area contributed by atoms with Crippen LogP contribution in [0.15, 0.2) is 17.5 Å². The molecule has 0 aromatic carbocycles. The lowest BCUT2D eigenvalue weighted by molar-refractivity contribution is -0.121. The lowest BCUT2D eigenvalue weighted by Gasteiger charge is -2.35. The number of nitrogens with one attached hydrogen (secondary N) is 1. The van der Waals surface area contributed by atoms with Crippen molar-refractivity contribution < 1.29 is 9.59 Å². The summed E-state index contributed by atoms with van der Waals surface area (Å²) >= 11 is 1.46. The maximum Gasteiger partial charge on any atom is 0.264 e. The number of hydrogen-bond donors (Lipinski definition) is 2. The average molecular weight is 332 g/mol. The van der Waals surface area contributed by atoms with Crippen LogP contribution >= 0.6 is 23.7 Å². The number of amides is 2. The number of hydrogen-bond acceptors (Lipinski definition) is 4. The number of halogens is 1. The summed E-state index contributed by atoms with van der Waals surface area (Å²) in [5.41, 5.74) is 5.35. The maximum absolute atomic E-state index is 12.4. The minimum atomic E-state index is -0.0402. The van der Waals surface area contributed by atoms with Gasteiger partial charge in [-0.25, -0.2) is 0 Å². The Labute approximate surface area is 135 Å². The fourth-order valence-electron chi connectivity index (χ4n) is 2.47. The number of carbonyl (C=O) groups excluding carboxylic acids is 2. The zero-order chi connectivity index (χ0) is 14.4. The number of carbonyl (C=O) groups is 2. The van der Waals surface area contributed by atoms with Gasteiger partial charge in [0.25, 0.3) is 5.91 Å². The van der Waals surface area contributed by atoms with E-state index in [2.05, 4.69) is 5.32 Å². The highest BCUT2D eigenvalue weighted by atomic mass is 35.5. The number of thiophene rings is 1. The number of nitrogens with zero attached hydrogens (tertiary/aromatic N) is 1. The summed E-state index contributed by atoms with van der Waals surface area (Å²) in [7, 11) is 0. The number of piperidine rings is 1. The molecule has 1 aliphatic rings. The molecule has 0 spiro atoms. The third kappa shape index (κ3) is 4.98. The van der Waals surface area contributed by atoms with Crippen molar-refractivity contribution in [3.8, 4) is 0 Å². The van der Waals surface area contributed by atoms with E-state index in [1.807, 2.05) is 22.4 Å². The first-order valence-electron chi connectivity index (χ1n) is 7.03. The molecule has 0 bridgehead atoms. The highest BCUT2D eigenvalue weighted by Crippen LogP contribution is 2.21. The zero-order valence-electron chi connectivity index (χ0n) is 11.9. The first-order valence-corrected chi connectivity index (χ1v) is 7.91. The van der Waals surface area contributed by atoms with Gasteiger partial charge in [0.2, 0.25) is 5.91 Å². The van der Waals surface area contributed by atoms with E-state index in [1.54, 1.807) is 0 Å². The minimum absolute atomic E-state index is 0. The number of likely N-dealkylation sites (tertiary alicyclic amines) is 1. The standard InChI is InChI=1S/C14H21N3O2S.ClH/c15-7-6-13(18)16-10-11-4-1-2-8-17(11)14(19)12-5-3-9-20-12;/h3,5,9,11H,1-2,4,6-8,10,15H2,(H,16,18);1H. The van der Waals surface area contributed by atoms with Crippen molar-refractivity contribution >= 4 is 35.6 Å². The summed E-state index contributed by atoms with van der Waals surface area (Å²) in [6.45, 7) is 1.65. The summed E-state index contributed by atoms with van der Waals surface area (Å²) in [5.74, 6) is 0.0411. The Morgan fingerprint density at radius 1 is 1.43 bits per heavy atom. The van der Waals surface area contributed by atoms with E-state index in [-0.39, 0.29) is 30.3 Å². The summed E-state index contributed by atoms with van der Waals surface area (Å²) in [5, 5.41) is 4.79. The molecular weight excluding hydrogens is 310 g/mol. The molecule has 1 unspecified atom stereocenters. The van der Waals surface area contributed by atoms with E-state index >= 15 is 0 Å². The summed E-state index contributed by atoms with van der Waals surface area (Å²) in [4.78, 5) is 26.6. The molecule has 2 heterocycles. The first kappa shape index (κ1) is 17.9. The van der Waals surface area contributed by atoms with Crippen molar-refractivity contribution in [3.05, 3.63) is 22.4 Å². The molecule has 1 fully saturated rings. The molecule has 1 aromatic heterocycles. The third-order valence-electron chi connectivity index (χ3n) is 3.53. The molecule has 7 heteroatoms. The molecule has 118 valence electrons. The summed E-state index contributed by atoms with van der Waals surface area (Å²) in [6, 6.07) is 3.84. The highest BCUT2D eigenvalue weighted by Gasteiger charge is 2.28. The van der Waals surface area contributed by atoms with Crippen LogP contribution in [0.25, 0.3) is 0 Å². The van der Waals surface area contributed by atoms with Crippen molar-refractivity contribution in [2.75, 3.05) is 19.6 Å². The Kier molecular flexibility index (Phi) is 7.71. The van der Waals surface area contributed by atoms with Crippen LogP contribution in [0, 0.1) is 0 Å². The highest BCUT2D eigenvalue weighted by molar-refractivity contribution is 7.12. The predicted octanol–water partition coefficient (Wildman–Crippen LogP) is 1.63. The van der Waals surface area contributed by atoms with E-state index in [0.717, 1.165) is 30.7 Å².